The summed E-state index contributed by atoms with van der Waals surface area (Å²) in [5, 5.41) is 2.97. The van der Waals surface area contributed by atoms with Crippen LogP contribution >= 0.6 is 0 Å². The summed E-state index contributed by atoms with van der Waals surface area (Å²) in [6.07, 6.45) is 2.99. The van der Waals surface area contributed by atoms with Gasteiger partial charge in [-0.1, -0.05) is 6.92 Å². The number of ether oxygens (including phenoxy) is 1. The van der Waals surface area contributed by atoms with Crippen molar-refractivity contribution in [1.82, 2.24) is 5.32 Å². The van der Waals surface area contributed by atoms with E-state index in [1.807, 2.05) is 13.8 Å². The molecule has 3 N–H and O–H groups in total. The molecule has 0 heterocycles. The molecular weight excluding hydrogens is 216 g/mol. The van der Waals surface area contributed by atoms with Crippen molar-refractivity contribution >= 4 is 5.91 Å². The molecule has 17 heavy (non-hydrogen) atoms. The number of nitrogens with two attached hydrogens (primary N) is 1. The standard InChI is InChI=1S/C13H26N2O2/c1-4-17-10(3)8-15-13(16)12-7-11(14)6-5-9(12)2/h9-12H,4-8,14H2,1-3H3,(H,15,16). The lowest BCUT2D eigenvalue weighted by molar-refractivity contribution is -0.128. The molecular formula is C13H26N2O2. The smallest absolute Gasteiger partial charge is 0.223 e. The van der Waals surface area contributed by atoms with Crippen molar-refractivity contribution in [2.75, 3.05) is 13.2 Å². The first-order valence-corrected chi connectivity index (χ1v) is 6.69. The summed E-state index contributed by atoms with van der Waals surface area (Å²) in [5.41, 5.74) is 5.92. The quantitative estimate of drug-likeness (QED) is 0.763. The van der Waals surface area contributed by atoms with Crippen molar-refractivity contribution in [2.45, 2.75) is 52.2 Å². The first-order chi connectivity index (χ1) is 8.04. The number of carbonyl (C=O) groups excluding carboxylic acids is 1. The molecule has 1 aliphatic rings. The molecule has 1 aliphatic carbocycles. The second kappa shape index (κ2) is 6.97. The predicted octanol–water partition coefficient (Wildman–Crippen LogP) is 1.29. The highest BCUT2D eigenvalue weighted by Gasteiger charge is 2.31. The molecule has 4 heteroatoms. The third-order valence-corrected chi connectivity index (χ3v) is 3.59. The maximum atomic E-state index is 12.0. The number of nitrogens with one attached hydrogen (secondary N) is 1. The largest absolute Gasteiger partial charge is 0.377 e. The fourth-order valence-corrected chi connectivity index (χ4v) is 2.44. The van der Waals surface area contributed by atoms with Crippen LogP contribution < -0.4 is 11.1 Å². The first kappa shape index (κ1) is 14.5. The third kappa shape index (κ3) is 4.64. The molecule has 0 aromatic carbocycles. The van der Waals surface area contributed by atoms with Gasteiger partial charge < -0.3 is 15.8 Å². The van der Waals surface area contributed by atoms with Crippen LogP contribution in [-0.4, -0.2) is 31.2 Å². The summed E-state index contributed by atoms with van der Waals surface area (Å²) in [6, 6.07) is 0.186. The molecule has 0 bridgehead atoms. The second-order valence-electron chi connectivity index (χ2n) is 5.17. The van der Waals surface area contributed by atoms with Crippen molar-refractivity contribution in [3.05, 3.63) is 0 Å². The molecule has 1 fully saturated rings. The minimum absolute atomic E-state index is 0.0765. The Morgan fingerprint density at radius 3 is 2.88 bits per heavy atom. The highest BCUT2D eigenvalue weighted by molar-refractivity contribution is 5.79. The fourth-order valence-electron chi connectivity index (χ4n) is 2.44. The summed E-state index contributed by atoms with van der Waals surface area (Å²) in [6.45, 7) is 7.34. The van der Waals surface area contributed by atoms with Gasteiger partial charge in [0, 0.05) is 25.1 Å². The highest BCUT2D eigenvalue weighted by Crippen LogP contribution is 2.29. The van der Waals surface area contributed by atoms with E-state index in [0.29, 0.717) is 19.1 Å². The van der Waals surface area contributed by atoms with Crippen LogP contribution in [0, 0.1) is 11.8 Å². The van der Waals surface area contributed by atoms with Gasteiger partial charge in [0.15, 0.2) is 0 Å². The number of hydrogen-bond donors (Lipinski definition) is 2. The zero-order valence-electron chi connectivity index (χ0n) is 11.2. The van der Waals surface area contributed by atoms with Gasteiger partial charge in [-0.3, -0.25) is 4.79 Å². The van der Waals surface area contributed by atoms with E-state index >= 15 is 0 Å². The Hall–Kier alpha value is -0.610. The molecule has 4 unspecified atom stereocenters. The van der Waals surface area contributed by atoms with Crippen LogP contribution in [0.2, 0.25) is 0 Å². The molecule has 0 radical (unpaired) electrons. The SMILES string of the molecule is CCOC(C)CNC(=O)C1CC(N)CCC1C. The van der Waals surface area contributed by atoms with Crippen LogP contribution in [0.4, 0.5) is 0 Å². The second-order valence-corrected chi connectivity index (χ2v) is 5.17. The molecule has 1 saturated carbocycles. The fraction of sp³-hybridized carbons (Fsp3) is 0.923. The molecule has 100 valence electrons. The minimum Gasteiger partial charge on any atom is -0.377 e. The van der Waals surface area contributed by atoms with E-state index in [2.05, 4.69) is 12.2 Å². The van der Waals surface area contributed by atoms with E-state index in [0.717, 1.165) is 19.3 Å². The van der Waals surface area contributed by atoms with Gasteiger partial charge in [-0.05, 0) is 39.0 Å². The maximum Gasteiger partial charge on any atom is 0.223 e. The van der Waals surface area contributed by atoms with Crippen molar-refractivity contribution in [1.29, 1.82) is 0 Å². The molecule has 0 aliphatic heterocycles. The summed E-state index contributed by atoms with van der Waals surface area (Å²) in [4.78, 5) is 12.0. The molecule has 4 nitrogen and oxygen atoms in total. The molecule has 4 atom stereocenters. The monoisotopic (exact) mass is 242 g/mol. The summed E-state index contributed by atoms with van der Waals surface area (Å²) in [5.74, 6) is 0.656. The Balaban J connectivity index is 2.35. The van der Waals surface area contributed by atoms with Gasteiger partial charge in [0.2, 0.25) is 5.91 Å². The van der Waals surface area contributed by atoms with E-state index in [-0.39, 0.29) is 24.0 Å². The maximum absolute atomic E-state index is 12.0. The van der Waals surface area contributed by atoms with Crippen LogP contribution in [0.3, 0.4) is 0 Å². The number of amides is 1. The highest BCUT2D eigenvalue weighted by atomic mass is 16.5. The van der Waals surface area contributed by atoms with Gasteiger partial charge in [-0.15, -0.1) is 0 Å². The van der Waals surface area contributed by atoms with Crippen LogP contribution in [0.5, 0.6) is 0 Å². The molecule has 0 aromatic rings. The normalized spacial score (nSPS) is 30.9. The average Bonchev–Trinajstić information content (AvgIpc) is 2.29. The van der Waals surface area contributed by atoms with E-state index in [1.165, 1.54) is 0 Å². The molecule has 0 spiro atoms. The van der Waals surface area contributed by atoms with Crippen LogP contribution in [0.25, 0.3) is 0 Å². The van der Waals surface area contributed by atoms with Crippen molar-refractivity contribution in [3.8, 4) is 0 Å². The van der Waals surface area contributed by atoms with Gasteiger partial charge >= 0.3 is 0 Å². The van der Waals surface area contributed by atoms with Crippen LogP contribution in [0.1, 0.15) is 40.0 Å². The topological polar surface area (TPSA) is 64.3 Å². The van der Waals surface area contributed by atoms with E-state index in [9.17, 15) is 4.79 Å². The van der Waals surface area contributed by atoms with Crippen LogP contribution in [0.15, 0.2) is 0 Å². The Morgan fingerprint density at radius 2 is 2.24 bits per heavy atom. The molecule has 0 aromatic heterocycles. The Kier molecular flexibility index (Phi) is 5.92. The molecule has 0 saturated heterocycles. The van der Waals surface area contributed by atoms with E-state index in [4.69, 9.17) is 10.5 Å². The van der Waals surface area contributed by atoms with E-state index < -0.39 is 0 Å². The Morgan fingerprint density at radius 1 is 1.53 bits per heavy atom. The number of carbonyl (C=O) groups is 1. The average molecular weight is 242 g/mol. The van der Waals surface area contributed by atoms with Gasteiger partial charge in [0.05, 0.1) is 6.10 Å². The van der Waals surface area contributed by atoms with Crippen molar-refractivity contribution in [2.24, 2.45) is 17.6 Å². The molecule has 1 rings (SSSR count). The van der Waals surface area contributed by atoms with Gasteiger partial charge in [0.1, 0.15) is 0 Å². The Labute approximate surface area is 104 Å². The lowest BCUT2D eigenvalue weighted by Gasteiger charge is -2.31. The summed E-state index contributed by atoms with van der Waals surface area (Å²) >= 11 is 0. The minimum atomic E-state index is 0.0765. The number of hydrogen-bond acceptors (Lipinski definition) is 3. The third-order valence-electron chi connectivity index (χ3n) is 3.59. The van der Waals surface area contributed by atoms with Crippen molar-refractivity contribution in [3.63, 3.8) is 0 Å². The Bertz CT molecular complexity index is 246. The van der Waals surface area contributed by atoms with Crippen LogP contribution in [-0.2, 0) is 9.53 Å². The van der Waals surface area contributed by atoms with Gasteiger partial charge in [0.25, 0.3) is 0 Å². The van der Waals surface area contributed by atoms with Gasteiger partial charge in [-0.25, -0.2) is 0 Å². The van der Waals surface area contributed by atoms with Crippen molar-refractivity contribution < 1.29 is 9.53 Å². The van der Waals surface area contributed by atoms with E-state index in [1.54, 1.807) is 0 Å². The predicted molar refractivity (Wildman–Crippen MR) is 68.6 cm³/mol. The number of rotatable bonds is 5. The summed E-state index contributed by atoms with van der Waals surface area (Å²) in [7, 11) is 0. The first-order valence-electron chi connectivity index (χ1n) is 6.69. The molecule has 1 amide bonds. The lowest BCUT2D eigenvalue weighted by atomic mass is 9.77. The zero-order valence-corrected chi connectivity index (χ0v) is 11.2. The summed E-state index contributed by atoms with van der Waals surface area (Å²) < 4.78 is 5.39. The zero-order chi connectivity index (χ0) is 12.8. The lowest BCUT2D eigenvalue weighted by Crippen LogP contribution is -2.43. The van der Waals surface area contributed by atoms with Gasteiger partial charge in [-0.2, -0.15) is 0 Å².